The molecule has 3 N–H and O–H groups in total. The van der Waals surface area contributed by atoms with Crippen LogP contribution in [0.1, 0.15) is 5.56 Å². The van der Waals surface area contributed by atoms with Crippen LogP contribution in [0, 0.1) is 5.41 Å². The molecule has 0 fully saturated rings. The molecule has 0 spiro atoms. The second-order valence-electron chi connectivity index (χ2n) is 2.40. The molecule has 0 heterocycles. The Hall–Kier alpha value is -0.681. The number of nitrogens with one attached hydrogen (secondary N) is 1. The van der Waals surface area contributed by atoms with E-state index in [2.05, 4.69) is 16.0 Å². The minimum atomic E-state index is -3.63. The van der Waals surface area contributed by atoms with E-state index in [0.29, 0.717) is 5.56 Å². The van der Waals surface area contributed by atoms with Crippen molar-refractivity contribution in [3.05, 3.63) is 29.8 Å². The zero-order valence-corrected chi connectivity index (χ0v) is 9.05. The number of rotatable bonds is 2. The standard InChI is InChI=1S/C7H7N2O2SSe/c8-7(13)5-1-3-6(4-2-5)12(9,10)11/h1-4,8H,(H2,9,10,11). The van der Waals surface area contributed by atoms with E-state index < -0.39 is 10.0 Å². The number of hydrogen-bond acceptors (Lipinski definition) is 3. The summed E-state index contributed by atoms with van der Waals surface area (Å²) in [6, 6.07) is 5.80. The van der Waals surface area contributed by atoms with Crippen molar-refractivity contribution in [1.82, 2.24) is 0 Å². The molecule has 0 unspecified atom stereocenters. The van der Waals surface area contributed by atoms with Crippen LogP contribution < -0.4 is 5.14 Å². The summed E-state index contributed by atoms with van der Waals surface area (Å²) < 4.78 is 21.9. The molecule has 0 aliphatic carbocycles. The Balaban J connectivity index is 3.16. The van der Waals surface area contributed by atoms with Crippen LogP contribution in [0.3, 0.4) is 0 Å². The molecule has 0 aliphatic rings. The molecule has 0 aliphatic heterocycles. The van der Waals surface area contributed by atoms with Crippen LogP contribution in [0.4, 0.5) is 0 Å². The third kappa shape index (κ3) is 2.63. The Morgan fingerprint density at radius 2 is 1.77 bits per heavy atom. The fourth-order valence-electron chi connectivity index (χ4n) is 0.796. The zero-order valence-electron chi connectivity index (χ0n) is 6.52. The van der Waals surface area contributed by atoms with Gasteiger partial charge in [-0.25, -0.2) is 0 Å². The van der Waals surface area contributed by atoms with Crippen molar-refractivity contribution >= 4 is 30.6 Å². The van der Waals surface area contributed by atoms with Crippen LogP contribution in [0.2, 0.25) is 0 Å². The van der Waals surface area contributed by atoms with E-state index >= 15 is 0 Å². The molecule has 4 nitrogen and oxygen atoms in total. The minimum absolute atomic E-state index is 0.0532. The van der Waals surface area contributed by atoms with Gasteiger partial charge in [-0.3, -0.25) is 0 Å². The Bertz CT molecular complexity index is 424. The van der Waals surface area contributed by atoms with E-state index in [1.165, 1.54) is 24.3 Å². The normalized spacial score (nSPS) is 11.2. The molecule has 1 aromatic rings. The van der Waals surface area contributed by atoms with Gasteiger partial charge in [0.2, 0.25) is 0 Å². The van der Waals surface area contributed by atoms with Gasteiger partial charge in [0.25, 0.3) is 0 Å². The summed E-state index contributed by atoms with van der Waals surface area (Å²) in [6.07, 6.45) is 0. The van der Waals surface area contributed by atoms with Gasteiger partial charge >= 0.3 is 84.3 Å². The van der Waals surface area contributed by atoms with Gasteiger partial charge < -0.3 is 0 Å². The monoisotopic (exact) mass is 263 g/mol. The summed E-state index contributed by atoms with van der Waals surface area (Å²) in [6.45, 7) is 0. The summed E-state index contributed by atoms with van der Waals surface area (Å²) in [5, 5.41) is 12.1. The van der Waals surface area contributed by atoms with Crippen molar-refractivity contribution in [2.24, 2.45) is 5.14 Å². The predicted molar refractivity (Wildman–Crippen MR) is 50.4 cm³/mol. The summed E-state index contributed by atoms with van der Waals surface area (Å²) in [7, 11) is -3.63. The van der Waals surface area contributed by atoms with E-state index in [0.717, 1.165) is 0 Å². The van der Waals surface area contributed by atoms with Crippen molar-refractivity contribution in [3.63, 3.8) is 0 Å². The first-order valence-electron chi connectivity index (χ1n) is 3.30. The first-order valence-corrected chi connectivity index (χ1v) is 5.70. The van der Waals surface area contributed by atoms with Crippen LogP contribution in [0.25, 0.3) is 0 Å². The summed E-state index contributed by atoms with van der Waals surface area (Å²) in [5.41, 5.74) is 0.632. The maximum absolute atomic E-state index is 10.8. The van der Waals surface area contributed by atoms with Gasteiger partial charge in [0.1, 0.15) is 0 Å². The molecule has 69 valence electrons. The molecular formula is C7H7N2O2SSe. The third-order valence-electron chi connectivity index (χ3n) is 1.45. The van der Waals surface area contributed by atoms with E-state index in [1.807, 2.05) is 0 Å². The van der Waals surface area contributed by atoms with E-state index in [-0.39, 0.29) is 9.51 Å². The molecule has 0 atom stereocenters. The Kier molecular flexibility index (Phi) is 2.87. The van der Waals surface area contributed by atoms with Gasteiger partial charge in [0.15, 0.2) is 0 Å². The molecule has 6 heteroatoms. The topological polar surface area (TPSA) is 84.0 Å². The quantitative estimate of drug-likeness (QED) is 0.572. The van der Waals surface area contributed by atoms with Crippen molar-refractivity contribution < 1.29 is 8.42 Å². The number of benzene rings is 1. The van der Waals surface area contributed by atoms with Gasteiger partial charge in [-0.05, 0) is 0 Å². The molecule has 0 saturated carbocycles. The van der Waals surface area contributed by atoms with Gasteiger partial charge in [0.05, 0.1) is 0 Å². The first-order chi connectivity index (χ1) is 5.91. The van der Waals surface area contributed by atoms with E-state index in [4.69, 9.17) is 10.5 Å². The van der Waals surface area contributed by atoms with Gasteiger partial charge in [0, 0.05) is 0 Å². The Labute approximate surface area is 84.5 Å². The van der Waals surface area contributed by atoms with Crippen molar-refractivity contribution in [2.45, 2.75) is 4.90 Å². The van der Waals surface area contributed by atoms with Gasteiger partial charge in [-0.1, -0.05) is 0 Å². The summed E-state index contributed by atoms with van der Waals surface area (Å²) in [4.78, 5) is 0.0532. The molecule has 13 heavy (non-hydrogen) atoms. The molecule has 0 aromatic heterocycles. The van der Waals surface area contributed by atoms with Gasteiger partial charge in [-0.2, -0.15) is 0 Å². The molecule has 1 radical (unpaired) electrons. The fraction of sp³-hybridized carbons (Fsp3) is 0. The first kappa shape index (κ1) is 10.4. The summed E-state index contributed by atoms with van der Waals surface area (Å²) in [5.74, 6) is 0. The average molecular weight is 262 g/mol. The van der Waals surface area contributed by atoms with Crippen LogP contribution in [0.5, 0.6) is 0 Å². The van der Waals surface area contributed by atoms with Crippen LogP contribution in [-0.2, 0) is 10.0 Å². The molecular weight excluding hydrogens is 255 g/mol. The summed E-state index contributed by atoms with van der Waals surface area (Å²) >= 11 is 2.52. The molecule has 0 bridgehead atoms. The Morgan fingerprint density at radius 1 is 1.31 bits per heavy atom. The van der Waals surface area contributed by atoms with Crippen molar-refractivity contribution in [1.29, 1.82) is 5.41 Å². The molecule has 1 aromatic carbocycles. The SMILES string of the molecule is N=C([Se])c1ccc(S(N)(=O)=O)cc1. The second kappa shape index (κ2) is 3.59. The van der Waals surface area contributed by atoms with Crippen LogP contribution in [-0.4, -0.2) is 29.0 Å². The molecule has 1 rings (SSSR count). The van der Waals surface area contributed by atoms with E-state index in [9.17, 15) is 8.42 Å². The van der Waals surface area contributed by atoms with Crippen molar-refractivity contribution in [3.8, 4) is 0 Å². The number of hydrogen-bond donors (Lipinski definition) is 2. The Morgan fingerprint density at radius 3 is 2.08 bits per heavy atom. The molecule has 0 amide bonds. The zero-order chi connectivity index (χ0) is 10.1. The van der Waals surface area contributed by atoms with Crippen molar-refractivity contribution in [2.75, 3.05) is 0 Å². The van der Waals surface area contributed by atoms with Crippen LogP contribution >= 0.6 is 0 Å². The van der Waals surface area contributed by atoms with E-state index in [1.54, 1.807) is 0 Å². The predicted octanol–water partition coefficient (Wildman–Crippen LogP) is -0.172. The number of nitrogens with two attached hydrogens (primary N) is 1. The maximum atomic E-state index is 10.8. The molecule has 0 saturated heterocycles. The fourth-order valence-corrected chi connectivity index (χ4v) is 1.60. The number of sulfonamides is 1. The average Bonchev–Trinajstić information content (AvgIpc) is 2.03. The van der Waals surface area contributed by atoms with Crippen LogP contribution in [0.15, 0.2) is 29.2 Å². The second-order valence-corrected chi connectivity index (χ2v) is 4.82. The third-order valence-corrected chi connectivity index (χ3v) is 2.87. The van der Waals surface area contributed by atoms with Gasteiger partial charge in [-0.15, -0.1) is 0 Å². The number of primary sulfonamides is 1.